The van der Waals surface area contributed by atoms with Gasteiger partial charge < -0.3 is 4.74 Å². The molecule has 0 aliphatic rings. The minimum absolute atomic E-state index is 0.0821. The normalized spacial score (nSPS) is 14.7. The van der Waals surface area contributed by atoms with Gasteiger partial charge in [0.2, 0.25) is 5.88 Å². The Labute approximate surface area is 90.8 Å². The third kappa shape index (κ3) is 2.67. The highest BCUT2D eigenvalue weighted by atomic mass is 16.5. The van der Waals surface area contributed by atoms with Crippen molar-refractivity contribution in [2.24, 2.45) is 11.8 Å². The van der Waals surface area contributed by atoms with E-state index in [9.17, 15) is 0 Å². The summed E-state index contributed by atoms with van der Waals surface area (Å²) in [6.45, 7) is 4.29. The summed E-state index contributed by atoms with van der Waals surface area (Å²) in [5, 5.41) is 0. The first kappa shape index (κ1) is 11.9. The number of pyridine rings is 1. The van der Waals surface area contributed by atoms with E-state index in [1.807, 2.05) is 12.1 Å². The van der Waals surface area contributed by atoms with E-state index in [-0.39, 0.29) is 6.04 Å². The second-order valence-corrected chi connectivity index (χ2v) is 3.63. The summed E-state index contributed by atoms with van der Waals surface area (Å²) in [6.07, 6.45) is 2.76. The molecule has 0 aliphatic carbocycles. The average Bonchev–Trinajstić information content (AvgIpc) is 2.30. The van der Waals surface area contributed by atoms with Gasteiger partial charge >= 0.3 is 0 Å². The van der Waals surface area contributed by atoms with E-state index < -0.39 is 0 Å². The van der Waals surface area contributed by atoms with Crippen LogP contribution in [0, 0.1) is 5.92 Å². The van der Waals surface area contributed by atoms with Crippen molar-refractivity contribution in [3.05, 3.63) is 23.9 Å². The van der Waals surface area contributed by atoms with Gasteiger partial charge in [0.05, 0.1) is 13.2 Å². The molecule has 0 bridgehead atoms. The summed E-state index contributed by atoms with van der Waals surface area (Å²) in [6, 6.07) is 3.96. The molecule has 1 heterocycles. The predicted molar refractivity (Wildman–Crippen MR) is 60.3 cm³/mol. The van der Waals surface area contributed by atoms with E-state index in [0.29, 0.717) is 11.8 Å². The van der Waals surface area contributed by atoms with Gasteiger partial charge in [0.25, 0.3) is 0 Å². The maximum Gasteiger partial charge on any atom is 0.217 e. The number of nitrogens with zero attached hydrogens (tertiary/aromatic N) is 1. The molecule has 2 atom stereocenters. The molecule has 0 spiro atoms. The molecule has 84 valence electrons. The topological polar surface area (TPSA) is 60.2 Å². The lowest BCUT2D eigenvalue weighted by Gasteiger charge is -2.23. The van der Waals surface area contributed by atoms with Gasteiger partial charge in [-0.05, 0) is 12.0 Å². The summed E-state index contributed by atoms with van der Waals surface area (Å²) >= 11 is 0. The highest BCUT2D eigenvalue weighted by Crippen LogP contribution is 2.28. The zero-order chi connectivity index (χ0) is 11.3. The van der Waals surface area contributed by atoms with Crippen molar-refractivity contribution in [3.8, 4) is 5.88 Å². The number of nitrogens with one attached hydrogen (secondary N) is 1. The van der Waals surface area contributed by atoms with E-state index in [0.717, 1.165) is 12.0 Å². The number of methoxy groups -OCH3 is 1. The molecule has 15 heavy (non-hydrogen) atoms. The largest absolute Gasteiger partial charge is 0.481 e. The Morgan fingerprint density at radius 3 is 2.87 bits per heavy atom. The first-order chi connectivity index (χ1) is 7.24. The SMILES string of the molecule is CCC(C)C(NN)c1cccnc1OC. The van der Waals surface area contributed by atoms with Crippen LogP contribution in [0.1, 0.15) is 31.9 Å². The van der Waals surface area contributed by atoms with Crippen LogP contribution in [0.25, 0.3) is 0 Å². The summed E-state index contributed by atoms with van der Waals surface area (Å²) in [5.41, 5.74) is 3.83. The second kappa shape index (κ2) is 5.68. The molecular formula is C11H19N3O. The molecule has 0 amide bonds. The molecule has 0 aliphatic heterocycles. The summed E-state index contributed by atoms with van der Waals surface area (Å²) in [5.74, 6) is 6.65. The molecule has 4 heteroatoms. The lowest BCUT2D eigenvalue weighted by molar-refractivity contribution is 0.346. The van der Waals surface area contributed by atoms with Gasteiger partial charge in [0.15, 0.2) is 0 Å². The monoisotopic (exact) mass is 209 g/mol. The number of aromatic nitrogens is 1. The molecule has 0 aromatic carbocycles. The maximum absolute atomic E-state index is 5.57. The molecule has 2 unspecified atom stereocenters. The van der Waals surface area contributed by atoms with E-state index >= 15 is 0 Å². The zero-order valence-corrected chi connectivity index (χ0v) is 9.53. The Bertz CT molecular complexity index is 304. The van der Waals surface area contributed by atoms with E-state index in [1.54, 1.807) is 13.3 Å². The summed E-state index contributed by atoms with van der Waals surface area (Å²) < 4.78 is 5.22. The standard InChI is InChI=1S/C11H19N3O/c1-4-8(2)10(14-12)9-6-5-7-13-11(9)15-3/h5-8,10,14H,4,12H2,1-3H3. The minimum atomic E-state index is 0.0821. The maximum atomic E-state index is 5.57. The summed E-state index contributed by atoms with van der Waals surface area (Å²) in [7, 11) is 1.62. The van der Waals surface area contributed by atoms with Crippen LogP contribution in [0.3, 0.4) is 0 Å². The van der Waals surface area contributed by atoms with Gasteiger partial charge in [-0.2, -0.15) is 0 Å². The molecule has 0 saturated carbocycles. The fraction of sp³-hybridized carbons (Fsp3) is 0.545. The average molecular weight is 209 g/mol. The quantitative estimate of drug-likeness (QED) is 0.571. The first-order valence-corrected chi connectivity index (χ1v) is 5.19. The van der Waals surface area contributed by atoms with Crippen molar-refractivity contribution < 1.29 is 4.74 Å². The van der Waals surface area contributed by atoms with E-state index in [2.05, 4.69) is 24.3 Å². The molecule has 4 nitrogen and oxygen atoms in total. The van der Waals surface area contributed by atoms with Crippen LogP contribution in [-0.4, -0.2) is 12.1 Å². The third-order valence-corrected chi connectivity index (χ3v) is 2.72. The van der Waals surface area contributed by atoms with Crippen molar-refractivity contribution in [3.63, 3.8) is 0 Å². The van der Waals surface area contributed by atoms with E-state index in [4.69, 9.17) is 10.6 Å². The van der Waals surface area contributed by atoms with Crippen LogP contribution < -0.4 is 16.0 Å². The number of hydrazine groups is 1. The van der Waals surface area contributed by atoms with Gasteiger partial charge in [-0.1, -0.05) is 26.3 Å². The van der Waals surface area contributed by atoms with Crippen LogP contribution in [0.5, 0.6) is 5.88 Å². The highest BCUT2D eigenvalue weighted by Gasteiger charge is 2.20. The van der Waals surface area contributed by atoms with E-state index in [1.165, 1.54) is 0 Å². The molecule has 0 radical (unpaired) electrons. The van der Waals surface area contributed by atoms with Gasteiger partial charge in [-0.25, -0.2) is 4.98 Å². The lowest BCUT2D eigenvalue weighted by Crippen LogP contribution is -2.32. The number of ether oxygens (including phenoxy) is 1. The predicted octanol–water partition coefficient (Wildman–Crippen LogP) is 1.64. The van der Waals surface area contributed by atoms with Crippen LogP contribution in [0.2, 0.25) is 0 Å². The molecule has 0 saturated heterocycles. The highest BCUT2D eigenvalue weighted by molar-refractivity contribution is 5.29. The Morgan fingerprint density at radius 1 is 1.60 bits per heavy atom. The first-order valence-electron chi connectivity index (χ1n) is 5.19. The van der Waals surface area contributed by atoms with Crippen LogP contribution in [0.4, 0.5) is 0 Å². The van der Waals surface area contributed by atoms with Crippen molar-refractivity contribution in [1.29, 1.82) is 0 Å². The van der Waals surface area contributed by atoms with Crippen molar-refractivity contribution >= 4 is 0 Å². The smallest absolute Gasteiger partial charge is 0.217 e. The number of nitrogens with two attached hydrogens (primary N) is 1. The van der Waals surface area contributed by atoms with Gasteiger partial charge in [0.1, 0.15) is 0 Å². The van der Waals surface area contributed by atoms with Gasteiger partial charge in [-0.15, -0.1) is 0 Å². The molecule has 0 fully saturated rings. The molecular weight excluding hydrogens is 190 g/mol. The fourth-order valence-corrected chi connectivity index (χ4v) is 1.61. The Kier molecular flexibility index (Phi) is 4.52. The van der Waals surface area contributed by atoms with Crippen LogP contribution in [0.15, 0.2) is 18.3 Å². The van der Waals surface area contributed by atoms with Crippen LogP contribution in [-0.2, 0) is 0 Å². The Morgan fingerprint density at radius 2 is 2.33 bits per heavy atom. The van der Waals surface area contributed by atoms with Crippen LogP contribution >= 0.6 is 0 Å². The van der Waals surface area contributed by atoms with Gasteiger partial charge in [0, 0.05) is 11.8 Å². The van der Waals surface area contributed by atoms with Gasteiger partial charge in [-0.3, -0.25) is 11.3 Å². The molecule has 3 N–H and O–H groups in total. The summed E-state index contributed by atoms with van der Waals surface area (Å²) in [4.78, 5) is 4.16. The number of hydrogen-bond acceptors (Lipinski definition) is 4. The minimum Gasteiger partial charge on any atom is -0.481 e. The number of rotatable bonds is 5. The van der Waals surface area contributed by atoms with Crippen molar-refractivity contribution in [2.75, 3.05) is 7.11 Å². The second-order valence-electron chi connectivity index (χ2n) is 3.63. The fourth-order valence-electron chi connectivity index (χ4n) is 1.61. The molecule has 1 aromatic heterocycles. The third-order valence-electron chi connectivity index (χ3n) is 2.72. The zero-order valence-electron chi connectivity index (χ0n) is 9.53. The Hall–Kier alpha value is -1.13. The molecule has 1 aromatic rings. The Balaban J connectivity index is 3.00. The van der Waals surface area contributed by atoms with Crippen molar-refractivity contribution in [1.82, 2.24) is 10.4 Å². The molecule has 1 rings (SSSR count). The number of hydrogen-bond donors (Lipinski definition) is 2. The van der Waals surface area contributed by atoms with Crippen molar-refractivity contribution in [2.45, 2.75) is 26.3 Å². The lowest BCUT2D eigenvalue weighted by atomic mass is 9.94.